The third-order valence-electron chi connectivity index (χ3n) is 5.03. The second kappa shape index (κ2) is 8.99. The molecule has 0 saturated carbocycles. The van der Waals surface area contributed by atoms with Crippen LogP contribution in [0.15, 0.2) is 42.5 Å². The summed E-state index contributed by atoms with van der Waals surface area (Å²) in [7, 11) is 0. The number of rotatable bonds is 6. The van der Waals surface area contributed by atoms with E-state index in [-0.39, 0.29) is 23.7 Å². The van der Waals surface area contributed by atoms with Gasteiger partial charge in [-0.2, -0.15) is 0 Å². The lowest BCUT2D eigenvalue weighted by Gasteiger charge is -2.28. The first-order valence-electron chi connectivity index (χ1n) is 9.96. The van der Waals surface area contributed by atoms with Gasteiger partial charge in [-0.3, -0.25) is 34.9 Å². The second-order valence-electron chi connectivity index (χ2n) is 7.81. The Morgan fingerprint density at radius 1 is 0.968 bits per heavy atom. The van der Waals surface area contributed by atoms with E-state index in [1.165, 1.54) is 0 Å². The molecule has 1 atom stereocenters. The highest BCUT2D eigenvalue weighted by Gasteiger charge is 2.43. The van der Waals surface area contributed by atoms with E-state index in [0.717, 1.165) is 16.0 Å². The molecule has 1 aliphatic heterocycles. The number of carbonyl (C=O) groups excluding carboxylic acids is 4. The number of nitrogens with zero attached hydrogens (tertiary/aromatic N) is 1. The van der Waals surface area contributed by atoms with Crippen molar-refractivity contribution < 1.29 is 23.9 Å². The quantitative estimate of drug-likeness (QED) is 0.547. The number of hydrogen-bond donors (Lipinski definition) is 2. The lowest BCUT2D eigenvalue weighted by atomic mass is 10.0. The van der Waals surface area contributed by atoms with Crippen LogP contribution in [0.5, 0.6) is 5.75 Å². The van der Waals surface area contributed by atoms with E-state index >= 15 is 0 Å². The Kier molecular flexibility index (Phi) is 6.39. The van der Waals surface area contributed by atoms with Gasteiger partial charge in [0.05, 0.1) is 11.1 Å². The summed E-state index contributed by atoms with van der Waals surface area (Å²) in [5, 5.41) is 0. The van der Waals surface area contributed by atoms with Crippen molar-refractivity contribution >= 4 is 23.6 Å². The number of amides is 4. The zero-order valence-electron chi connectivity index (χ0n) is 17.9. The van der Waals surface area contributed by atoms with Crippen LogP contribution in [0.3, 0.4) is 0 Å². The predicted octanol–water partition coefficient (Wildman–Crippen LogP) is 2.15. The van der Waals surface area contributed by atoms with E-state index in [1.54, 1.807) is 38.1 Å². The molecule has 0 bridgehead atoms. The summed E-state index contributed by atoms with van der Waals surface area (Å²) in [6.07, 6.45) is 0. The van der Waals surface area contributed by atoms with Gasteiger partial charge in [-0.05, 0) is 49.1 Å². The topological polar surface area (TPSA) is 105 Å². The molecule has 0 radical (unpaired) electrons. The summed E-state index contributed by atoms with van der Waals surface area (Å²) in [4.78, 5) is 51.3. The number of benzene rings is 2. The molecule has 8 heteroatoms. The van der Waals surface area contributed by atoms with Crippen molar-refractivity contribution in [2.45, 2.75) is 33.7 Å². The molecule has 0 aliphatic carbocycles. The number of fused-ring (bicyclic) bond motifs is 1. The smallest absolute Gasteiger partial charge is 0.276 e. The molecule has 2 aromatic carbocycles. The van der Waals surface area contributed by atoms with Crippen LogP contribution in [-0.2, 0) is 9.59 Å². The number of carbonyl (C=O) groups is 4. The largest absolute Gasteiger partial charge is 0.483 e. The lowest BCUT2D eigenvalue weighted by molar-refractivity contribution is -0.132. The van der Waals surface area contributed by atoms with Crippen LogP contribution in [0.1, 0.15) is 45.7 Å². The highest BCUT2D eigenvalue weighted by atomic mass is 16.5. The fourth-order valence-electron chi connectivity index (χ4n) is 3.43. The molecule has 1 aliphatic rings. The molecule has 8 nitrogen and oxygen atoms in total. The first-order chi connectivity index (χ1) is 14.7. The Bertz CT molecular complexity index is 1010. The van der Waals surface area contributed by atoms with E-state index in [2.05, 4.69) is 10.9 Å². The molecular weight excluding hydrogens is 398 g/mol. The van der Waals surface area contributed by atoms with Gasteiger partial charge in [0, 0.05) is 0 Å². The zero-order chi connectivity index (χ0) is 22.7. The minimum absolute atomic E-state index is 0.261. The van der Waals surface area contributed by atoms with Crippen molar-refractivity contribution in [1.29, 1.82) is 0 Å². The fourth-order valence-corrected chi connectivity index (χ4v) is 3.43. The molecule has 0 spiro atoms. The van der Waals surface area contributed by atoms with E-state index in [1.807, 2.05) is 32.0 Å². The Labute approximate surface area is 180 Å². The van der Waals surface area contributed by atoms with Gasteiger partial charge >= 0.3 is 0 Å². The summed E-state index contributed by atoms with van der Waals surface area (Å²) < 4.78 is 5.51. The number of ether oxygens (including phenoxy) is 1. The van der Waals surface area contributed by atoms with E-state index in [9.17, 15) is 19.2 Å². The maximum absolute atomic E-state index is 12.8. The number of hydrogen-bond acceptors (Lipinski definition) is 5. The van der Waals surface area contributed by atoms with E-state index in [0.29, 0.717) is 5.75 Å². The zero-order valence-corrected chi connectivity index (χ0v) is 17.9. The monoisotopic (exact) mass is 423 g/mol. The van der Waals surface area contributed by atoms with Crippen molar-refractivity contribution in [3.8, 4) is 5.75 Å². The van der Waals surface area contributed by atoms with Crippen LogP contribution >= 0.6 is 0 Å². The van der Waals surface area contributed by atoms with Crippen molar-refractivity contribution in [1.82, 2.24) is 15.8 Å². The molecule has 2 N–H and O–H groups in total. The molecule has 3 rings (SSSR count). The van der Waals surface area contributed by atoms with Gasteiger partial charge in [0.25, 0.3) is 23.6 Å². The SMILES string of the molecule is Cc1ccc(C)c(OCC(=O)NNC(=O)C(C(C)C)N2C(=O)c3ccccc3C2=O)c1. The molecule has 1 unspecified atom stereocenters. The predicted molar refractivity (Wildman–Crippen MR) is 113 cm³/mol. The standard InChI is InChI=1S/C23H25N3O5/c1-13(2)20(26-22(29)16-7-5-6-8-17(16)23(26)30)21(28)25-24-19(27)12-31-18-11-14(3)9-10-15(18)4/h5-11,13,20H,12H2,1-4H3,(H,24,27)(H,25,28). The van der Waals surface area contributed by atoms with Crippen molar-refractivity contribution in [2.24, 2.45) is 5.92 Å². The third kappa shape index (κ3) is 4.58. The minimum Gasteiger partial charge on any atom is -0.483 e. The van der Waals surface area contributed by atoms with Crippen LogP contribution < -0.4 is 15.6 Å². The highest BCUT2D eigenvalue weighted by Crippen LogP contribution is 2.27. The van der Waals surface area contributed by atoms with Crippen LogP contribution in [0.4, 0.5) is 0 Å². The number of aryl methyl sites for hydroxylation is 2. The van der Waals surface area contributed by atoms with Gasteiger partial charge < -0.3 is 4.74 Å². The van der Waals surface area contributed by atoms with Crippen LogP contribution in [0.2, 0.25) is 0 Å². The molecule has 0 fully saturated rings. The van der Waals surface area contributed by atoms with Gasteiger partial charge in [-0.15, -0.1) is 0 Å². The van der Waals surface area contributed by atoms with Gasteiger partial charge in [0.1, 0.15) is 11.8 Å². The summed E-state index contributed by atoms with van der Waals surface area (Å²) in [6, 6.07) is 11.0. The molecule has 0 saturated heterocycles. The first kappa shape index (κ1) is 22.0. The van der Waals surface area contributed by atoms with E-state index in [4.69, 9.17) is 4.74 Å². The summed E-state index contributed by atoms with van der Waals surface area (Å²) in [6.45, 7) is 6.92. The highest BCUT2D eigenvalue weighted by molar-refractivity contribution is 6.22. The molecule has 1 heterocycles. The third-order valence-corrected chi connectivity index (χ3v) is 5.03. The van der Waals surface area contributed by atoms with Gasteiger partial charge in [-0.25, -0.2) is 0 Å². The summed E-state index contributed by atoms with van der Waals surface area (Å²) in [5.41, 5.74) is 6.99. The van der Waals surface area contributed by atoms with Crippen LogP contribution in [0.25, 0.3) is 0 Å². The summed E-state index contributed by atoms with van der Waals surface area (Å²) >= 11 is 0. The average Bonchev–Trinajstić information content (AvgIpc) is 2.98. The maximum atomic E-state index is 12.8. The van der Waals surface area contributed by atoms with Crippen molar-refractivity contribution in [3.63, 3.8) is 0 Å². The Hall–Kier alpha value is -3.68. The molecule has 4 amide bonds. The first-order valence-corrected chi connectivity index (χ1v) is 9.96. The van der Waals surface area contributed by atoms with Crippen LogP contribution in [-0.4, -0.2) is 41.2 Å². The van der Waals surface area contributed by atoms with Gasteiger partial charge in [-0.1, -0.05) is 38.1 Å². The number of imide groups is 1. The molecular formula is C23H25N3O5. The molecule has 31 heavy (non-hydrogen) atoms. The Morgan fingerprint density at radius 2 is 1.58 bits per heavy atom. The Morgan fingerprint density at radius 3 is 2.16 bits per heavy atom. The number of nitrogens with one attached hydrogen (secondary N) is 2. The normalized spacial score (nSPS) is 13.8. The van der Waals surface area contributed by atoms with Crippen LogP contribution in [0, 0.1) is 19.8 Å². The van der Waals surface area contributed by atoms with Gasteiger partial charge in [0.15, 0.2) is 6.61 Å². The van der Waals surface area contributed by atoms with E-state index < -0.39 is 29.7 Å². The second-order valence-corrected chi connectivity index (χ2v) is 7.81. The Balaban J connectivity index is 1.63. The lowest BCUT2D eigenvalue weighted by Crippen LogP contribution is -2.56. The van der Waals surface area contributed by atoms with Crippen molar-refractivity contribution in [2.75, 3.05) is 6.61 Å². The fraction of sp³-hybridized carbons (Fsp3) is 0.304. The summed E-state index contributed by atoms with van der Waals surface area (Å²) in [5.74, 6) is -2.08. The molecule has 162 valence electrons. The molecule has 0 aromatic heterocycles. The number of hydrazine groups is 1. The van der Waals surface area contributed by atoms with Gasteiger partial charge in [0.2, 0.25) is 0 Å². The van der Waals surface area contributed by atoms with Crippen molar-refractivity contribution in [3.05, 3.63) is 64.7 Å². The maximum Gasteiger partial charge on any atom is 0.276 e. The average molecular weight is 423 g/mol. The molecule has 2 aromatic rings. The minimum atomic E-state index is -1.08.